The van der Waals surface area contributed by atoms with Crippen molar-refractivity contribution >= 4 is 5.97 Å². The van der Waals surface area contributed by atoms with Crippen LogP contribution in [0.15, 0.2) is 35.3 Å². The molecular weight excluding hydrogens is 128 g/mol. The predicted molar refractivity (Wildman–Crippen MR) is 36.3 cm³/mol. The van der Waals surface area contributed by atoms with E-state index in [0.717, 1.165) is 0 Å². The van der Waals surface area contributed by atoms with Crippen molar-refractivity contribution in [2.24, 2.45) is 0 Å². The number of hydrogen-bond acceptors (Lipinski definition) is 2. The third-order valence-electron chi connectivity index (χ3n) is 1.08. The largest absolute Gasteiger partial charge is 0.465 e. The van der Waals surface area contributed by atoms with Crippen molar-refractivity contribution in [1.82, 2.24) is 0 Å². The van der Waals surface area contributed by atoms with Crippen LogP contribution in [0.1, 0.15) is 0 Å². The summed E-state index contributed by atoms with van der Waals surface area (Å²) in [6.45, 7) is 0. The highest BCUT2D eigenvalue weighted by Crippen LogP contribution is 2.01. The Morgan fingerprint density at radius 1 is 1.60 bits per heavy atom. The Morgan fingerprint density at radius 3 is 2.90 bits per heavy atom. The Kier molecular flexibility index (Phi) is 1.91. The number of esters is 1. The van der Waals surface area contributed by atoms with E-state index in [2.05, 4.69) is 16.2 Å². The molecule has 10 heavy (non-hydrogen) atoms. The lowest BCUT2D eigenvalue weighted by Crippen LogP contribution is -2.02. The van der Waals surface area contributed by atoms with Crippen LogP contribution >= 0.6 is 0 Å². The van der Waals surface area contributed by atoms with E-state index in [-0.39, 0.29) is 5.97 Å². The molecule has 0 aromatic heterocycles. The Bertz CT molecular complexity index is 272. The van der Waals surface area contributed by atoms with Crippen molar-refractivity contribution in [2.45, 2.75) is 0 Å². The molecule has 0 saturated carbocycles. The highest BCUT2D eigenvalue weighted by molar-refractivity contribution is 5.91. The van der Waals surface area contributed by atoms with Crippen molar-refractivity contribution in [3.05, 3.63) is 35.3 Å². The molecule has 0 amide bonds. The van der Waals surface area contributed by atoms with Crippen molar-refractivity contribution in [3.8, 4) is 0 Å². The van der Waals surface area contributed by atoms with Crippen LogP contribution in [0, 0.1) is 0 Å². The Morgan fingerprint density at radius 2 is 2.40 bits per heavy atom. The number of rotatable bonds is 1. The summed E-state index contributed by atoms with van der Waals surface area (Å²) in [5.41, 5.74) is 5.83. The minimum Gasteiger partial charge on any atom is -0.465 e. The van der Waals surface area contributed by atoms with Gasteiger partial charge in [0.05, 0.1) is 12.7 Å². The molecular formula is C8H6O2. The molecule has 0 fully saturated rings. The Balaban J connectivity index is 2.80. The molecule has 0 unspecified atom stereocenters. The number of methoxy groups -OCH3 is 1. The van der Waals surface area contributed by atoms with Crippen molar-refractivity contribution < 1.29 is 9.53 Å². The molecule has 1 aliphatic rings. The Labute approximate surface area is 58.8 Å². The van der Waals surface area contributed by atoms with Gasteiger partial charge in [0.25, 0.3) is 0 Å². The topological polar surface area (TPSA) is 26.3 Å². The molecule has 1 aliphatic carbocycles. The van der Waals surface area contributed by atoms with Gasteiger partial charge in [-0.3, -0.25) is 0 Å². The number of ether oxygens (including phenoxy) is 1. The molecule has 50 valence electrons. The van der Waals surface area contributed by atoms with Gasteiger partial charge in [-0.2, -0.15) is 0 Å². The second kappa shape index (κ2) is 2.88. The molecule has 0 radical (unpaired) electrons. The molecule has 0 aromatic rings. The fourth-order valence-corrected chi connectivity index (χ4v) is 0.592. The summed E-state index contributed by atoms with van der Waals surface area (Å²) >= 11 is 0. The van der Waals surface area contributed by atoms with E-state index < -0.39 is 0 Å². The van der Waals surface area contributed by atoms with Gasteiger partial charge in [-0.15, -0.1) is 0 Å². The fraction of sp³-hybridized carbons (Fsp3) is 0.125. The molecule has 0 bridgehead atoms. The lowest BCUT2D eigenvalue weighted by Gasteiger charge is -1.96. The zero-order chi connectivity index (χ0) is 7.40. The summed E-state index contributed by atoms with van der Waals surface area (Å²) in [5.74, 6) is -0.342. The van der Waals surface area contributed by atoms with Gasteiger partial charge in [0.1, 0.15) is 0 Å². The maximum Gasteiger partial charge on any atom is 0.338 e. The van der Waals surface area contributed by atoms with Crippen LogP contribution in [0.3, 0.4) is 0 Å². The quantitative estimate of drug-likeness (QED) is 0.394. The van der Waals surface area contributed by atoms with Crippen LogP contribution in [0.2, 0.25) is 0 Å². The van der Waals surface area contributed by atoms with Gasteiger partial charge in [-0.25, -0.2) is 4.79 Å². The van der Waals surface area contributed by atoms with Crippen molar-refractivity contribution in [2.75, 3.05) is 7.11 Å². The van der Waals surface area contributed by atoms with Crippen LogP contribution in [-0.4, -0.2) is 13.1 Å². The molecule has 0 aromatic carbocycles. The summed E-state index contributed by atoms with van der Waals surface area (Å²) in [7, 11) is 1.35. The third-order valence-corrected chi connectivity index (χ3v) is 1.08. The molecule has 0 aliphatic heterocycles. The highest BCUT2D eigenvalue weighted by Gasteiger charge is 2.04. The SMILES string of the molecule is COC(=O)C1=CC=C=C=C1. The lowest BCUT2D eigenvalue weighted by molar-refractivity contribution is -0.135. The molecule has 0 N–H and O–H groups in total. The Hall–Kier alpha value is -1.49. The van der Waals surface area contributed by atoms with E-state index >= 15 is 0 Å². The maximum atomic E-state index is 10.8. The van der Waals surface area contributed by atoms with Crippen LogP contribution in [-0.2, 0) is 9.53 Å². The number of carbonyl (C=O) groups excluding carboxylic acids is 1. The minimum absolute atomic E-state index is 0.342. The summed E-state index contributed by atoms with van der Waals surface area (Å²) in [5, 5.41) is 0. The number of allylic oxidation sites excluding steroid dienone is 2. The van der Waals surface area contributed by atoms with E-state index in [1.165, 1.54) is 13.2 Å². The van der Waals surface area contributed by atoms with E-state index in [1.54, 1.807) is 12.2 Å². The van der Waals surface area contributed by atoms with Gasteiger partial charge in [-0.05, 0) is 12.2 Å². The van der Waals surface area contributed by atoms with Gasteiger partial charge in [0.2, 0.25) is 0 Å². The first kappa shape index (κ1) is 6.63. The van der Waals surface area contributed by atoms with Crippen LogP contribution in [0.25, 0.3) is 0 Å². The third kappa shape index (κ3) is 1.26. The summed E-state index contributed by atoms with van der Waals surface area (Å²) < 4.78 is 4.46. The summed E-state index contributed by atoms with van der Waals surface area (Å²) in [4.78, 5) is 10.8. The van der Waals surface area contributed by atoms with E-state index in [4.69, 9.17) is 0 Å². The second-order valence-corrected chi connectivity index (χ2v) is 1.71. The molecule has 0 saturated heterocycles. The first-order valence-corrected chi connectivity index (χ1v) is 2.80. The molecule has 0 heterocycles. The minimum atomic E-state index is -0.342. The second-order valence-electron chi connectivity index (χ2n) is 1.71. The number of carbonyl (C=O) groups is 1. The smallest absolute Gasteiger partial charge is 0.338 e. The van der Waals surface area contributed by atoms with Gasteiger partial charge in [-0.1, -0.05) is 11.5 Å². The average Bonchev–Trinajstić information content (AvgIpc) is 2.05. The highest BCUT2D eigenvalue weighted by atomic mass is 16.5. The first-order valence-electron chi connectivity index (χ1n) is 2.80. The maximum absolute atomic E-state index is 10.8. The van der Waals surface area contributed by atoms with E-state index in [0.29, 0.717) is 5.57 Å². The van der Waals surface area contributed by atoms with Gasteiger partial charge in [0, 0.05) is 6.08 Å². The average molecular weight is 134 g/mol. The lowest BCUT2D eigenvalue weighted by atomic mass is 10.2. The van der Waals surface area contributed by atoms with Crippen LogP contribution in [0.5, 0.6) is 0 Å². The van der Waals surface area contributed by atoms with Crippen molar-refractivity contribution in [3.63, 3.8) is 0 Å². The zero-order valence-electron chi connectivity index (χ0n) is 5.55. The van der Waals surface area contributed by atoms with Crippen LogP contribution in [0.4, 0.5) is 0 Å². The van der Waals surface area contributed by atoms with Crippen LogP contribution < -0.4 is 0 Å². The van der Waals surface area contributed by atoms with Gasteiger partial charge in [0.15, 0.2) is 0 Å². The van der Waals surface area contributed by atoms with Gasteiger partial charge >= 0.3 is 5.97 Å². The normalized spacial score (nSPS) is 13.1. The zero-order valence-corrected chi connectivity index (χ0v) is 5.55. The summed E-state index contributed by atoms with van der Waals surface area (Å²) in [6.07, 6.45) is 4.78. The molecule has 0 spiro atoms. The first-order chi connectivity index (χ1) is 4.84. The predicted octanol–water partition coefficient (Wildman–Crippen LogP) is 0.966. The summed E-state index contributed by atoms with van der Waals surface area (Å²) in [6, 6.07) is 0. The van der Waals surface area contributed by atoms with Crippen molar-refractivity contribution in [1.29, 1.82) is 0 Å². The molecule has 0 atom stereocenters. The molecule has 2 nitrogen and oxygen atoms in total. The van der Waals surface area contributed by atoms with Gasteiger partial charge < -0.3 is 4.74 Å². The number of hydrogen-bond donors (Lipinski definition) is 0. The van der Waals surface area contributed by atoms with E-state index in [9.17, 15) is 4.79 Å². The fourth-order valence-electron chi connectivity index (χ4n) is 0.592. The van der Waals surface area contributed by atoms with E-state index in [1.807, 2.05) is 0 Å². The molecule has 1 rings (SSSR count). The standard InChI is InChI=1S/C8H6O2/c1-10-8(9)7-5-3-2-4-6-7/h3,5-6H,1H3. The molecule has 2 heteroatoms. The monoisotopic (exact) mass is 134 g/mol.